The van der Waals surface area contributed by atoms with Gasteiger partial charge in [-0.05, 0) is 51.5 Å². The molecule has 1 fully saturated rings. The van der Waals surface area contributed by atoms with Gasteiger partial charge in [0.05, 0.1) is 20.8 Å². The summed E-state index contributed by atoms with van der Waals surface area (Å²) in [6.07, 6.45) is 3.47. The van der Waals surface area contributed by atoms with Crippen molar-refractivity contribution in [2.45, 2.75) is 25.3 Å². The van der Waals surface area contributed by atoms with Crippen molar-refractivity contribution < 1.29 is 0 Å². The summed E-state index contributed by atoms with van der Waals surface area (Å²) in [4.78, 5) is 2.36. The second-order valence-corrected chi connectivity index (χ2v) is 6.04. The number of benzene rings is 1. The smallest absolute Gasteiger partial charge is 0.0653 e. The molecule has 1 aliphatic heterocycles. The molecule has 100 valence electrons. The van der Waals surface area contributed by atoms with Crippen molar-refractivity contribution in [3.05, 3.63) is 27.2 Å². The second-order valence-electron chi connectivity index (χ2n) is 4.82. The Morgan fingerprint density at radius 3 is 2.56 bits per heavy atom. The number of rotatable bonds is 2. The Bertz CT molecular complexity index is 423. The van der Waals surface area contributed by atoms with Gasteiger partial charge in [-0.3, -0.25) is 0 Å². The Labute approximate surface area is 123 Å². The molecule has 0 spiro atoms. The van der Waals surface area contributed by atoms with Crippen molar-refractivity contribution in [2.24, 2.45) is 0 Å². The molecule has 18 heavy (non-hydrogen) atoms. The molecular weight excluding hydrogens is 291 g/mol. The molecule has 1 saturated heterocycles. The first-order valence-corrected chi connectivity index (χ1v) is 7.29. The SMILES string of the molecule is CN1CCCC(Nc2cc(Cl)c(Cl)cc2Cl)CC1. The lowest BCUT2D eigenvalue weighted by Crippen LogP contribution is -2.23. The summed E-state index contributed by atoms with van der Waals surface area (Å²) in [5, 5.41) is 5.13. The first-order valence-electron chi connectivity index (χ1n) is 6.16. The highest BCUT2D eigenvalue weighted by atomic mass is 35.5. The minimum Gasteiger partial charge on any atom is -0.381 e. The first kappa shape index (κ1) is 14.3. The molecule has 0 bridgehead atoms. The van der Waals surface area contributed by atoms with Crippen LogP contribution in [0, 0.1) is 0 Å². The molecule has 0 amide bonds. The van der Waals surface area contributed by atoms with Crippen molar-refractivity contribution in [3.8, 4) is 0 Å². The molecule has 1 heterocycles. The highest BCUT2D eigenvalue weighted by Crippen LogP contribution is 2.33. The predicted octanol–water partition coefficient (Wildman–Crippen LogP) is 4.54. The summed E-state index contributed by atoms with van der Waals surface area (Å²) in [6.45, 7) is 2.27. The minimum absolute atomic E-state index is 0.449. The van der Waals surface area contributed by atoms with E-state index in [1.807, 2.05) is 0 Å². The molecule has 0 radical (unpaired) electrons. The zero-order valence-electron chi connectivity index (χ0n) is 10.3. The average molecular weight is 308 g/mol. The van der Waals surface area contributed by atoms with Crippen molar-refractivity contribution in [1.29, 1.82) is 0 Å². The lowest BCUT2D eigenvalue weighted by Gasteiger charge is -2.19. The van der Waals surface area contributed by atoms with E-state index in [9.17, 15) is 0 Å². The largest absolute Gasteiger partial charge is 0.381 e. The number of halogens is 3. The minimum atomic E-state index is 0.449. The van der Waals surface area contributed by atoms with E-state index in [0.717, 1.165) is 31.6 Å². The molecule has 1 aliphatic rings. The Morgan fingerprint density at radius 1 is 1.06 bits per heavy atom. The maximum Gasteiger partial charge on any atom is 0.0653 e. The van der Waals surface area contributed by atoms with Gasteiger partial charge < -0.3 is 10.2 Å². The molecule has 1 aromatic carbocycles. The standard InChI is InChI=1S/C13H17Cl3N2/c1-18-5-2-3-9(4-6-18)17-13-8-11(15)10(14)7-12(13)16/h7-9,17H,2-6H2,1H3. The van der Waals surface area contributed by atoms with Crippen LogP contribution < -0.4 is 5.32 Å². The van der Waals surface area contributed by atoms with Crippen molar-refractivity contribution in [1.82, 2.24) is 4.90 Å². The topological polar surface area (TPSA) is 15.3 Å². The number of likely N-dealkylation sites (tertiary alicyclic amines) is 1. The van der Waals surface area contributed by atoms with E-state index in [4.69, 9.17) is 34.8 Å². The Hall–Kier alpha value is -0.150. The van der Waals surface area contributed by atoms with Crippen LogP contribution in [-0.4, -0.2) is 31.1 Å². The average Bonchev–Trinajstić information content (AvgIpc) is 2.51. The van der Waals surface area contributed by atoms with E-state index in [-0.39, 0.29) is 0 Å². The van der Waals surface area contributed by atoms with E-state index < -0.39 is 0 Å². The van der Waals surface area contributed by atoms with E-state index in [0.29, 0.717) is 21.1 Å². The fraction of sp³-hybridized carbons (Fsp3) is 0.538. The van der Waals surface area contributed by atoms with Crippen LogP contribution in [0.2, 0.25) is 15.1 Å². The summed E-state index contributed by atoms with van der Waals surface area (Å²) >= 11 is 18.1. The number of anilines is 1. The van der Waals surface area contributed by atoms with Gasteiger partial charge in [0.15, 0.2) is 0 Å². The van der Waals surface area contributed by atoms with Gasteiger partial charge in [0, 0.05) is 6.04 Å². The van der Waals surface area contributed by atoms with E-state index in [1.165, 1.54) is 6.42 Å². The third-order valence-electron chi connectivity index (χ3n) is 3.32. The monoisotopic (exact) mass is 306 g/mol. The van der Waals surface area contributed by atoms with Crippen molar-refractivity contribution >= 4 is 40.5 Å². The summed E-state index contributed by atoms with van der Waals surface area (Å²) in [7, 11) is 2.16. The highest BCUT2D eigenvalue weighted by molar-refractivity contribution is 6.44. The van der Waals surface area contributed by atoms with Gasteiger partial charge in [0.2, 0.25) is 0 Å². The lowest BCUT2D eigenvalue weighted by molar-refractivity contribution is 0.348. The van der Waals surface area contributed by atoms with Crippen LogP contribution >= 0.6 is 34.8 Å². The molecule has 2 rings (SSSR count). The van der Waals surface area contributed by atoms with Crippen LogP contribution in [0.15, 0.2) is 12.1 Å². The van der Waals surface area contributed by atoms with Crippen LogP contribution in [0.25, 0.3) is 0 Å². The van der Waals surface area contributed by atoms with Crippen LogP contribution in [-0.2, 0) is 0 Å². The van der Waals surface area contributed by atoms with Crippen LogP contribution in [0.4, 0.5) is 5.69 Å². The van der Waals surface area contributed by atoms with Gasteiger partial charge in [-0.1, -0.05) is 34.8 Å². The van der Waals surface area contributed by atoms with Crippen molar-refractivity contribution in [3.63, 3.8) is 0 Å². The first-order chi connectivity index (χ1) is 8.56. The zero-order valence-corrected chi connectivity index (χ0v) is 12.6. The quantitative estimate of drug-likeness (QED) is 0.807. The second kappa shape index (κ2) is 6.33. The Morgan fingerprint density at radius 2 is 1.78 bits per heavy atom. The van der Waals surface area contributed by atoms with Gasteiger partial charge in [-0.2, -0.15) is 0 Å². The maximum atomic E-state index is 6.17. The highest BCUT2D eigenvalue weighted by Gasteiger charge is 2.16. The molecule has 0 saturated carbocycles. The third-order valence-corrected chi connectivity index (χ3v) is 4.36. The summed E-state index contributed by atoms with van der Waals surface area (Å²) in [5.74, 6) is 0. The van der Waals surface area contributed by atoms with E-state index >= 15 is 0 Å². The molecular formula is C13H17Cl3N2. The van der Waals surface area contributed by atoms with Gasteiger partial charge >= 0.3 is 0 Å². The number of nitrogens with zero attached hydrogens (tertiary/aromatic N) is 1. The Balaban J connectivity index is 2.06. The van der Waals surface area contributed by atoms with Gasteiger partial charge in [0.25, 0.3) is 0 Å². The molecule has 1 unspecified atom stereocenters. The fourth-order valence-corrected chi connectivity index (χ4v) is 2.84. The maximum absolute atomic E-state index is 6.17. The molecule has 2 nitrogen and oxygen atoms in total. The number of nitrogens with one attached hydrogen (secondary N) is 1. The van der Waals surface area contributed by atoms with Crippen LogP contribution in [0.5, 0.6) is 0 Å². The molecule has 1 aromatic rings. The lowest BCUT2D eigenvalue weighted by atomic mass is 10.1. The van der Waals surface area contributed by atoms with Crippen molar-refractivity contribution in [2.75, 3.05) is 25.5 Å². The zero-order chi connectivity index (χ0) is 13.1. The number of hydrogen-bond acceptors (Lipinski definition) is 2. The van der Waals surface area contributed by atoms with E-state index in [1.54, 1.807) is 12.1 Å². The Kier molecular flexibility index (Phi) is 5.02. The summed E-state index contributed by atoms with van der Waals surface area (Å²) < 4.78 is 0. The van der Waals surface area contributed by atoms with Gasteiger partial charge in [-0.25, -0.2) is 0 Å². The normalized spacial score (nSPS) is 21.7. The van der Waals surface area contributed by atoms with Crippen LogP contribution in [0.3, 0.4) is 0 Å². The fourth-order valence-electron chi connectivity index (χ4n) is 2.24. The summed E-state index contributed by atoms with van der Waals surface area (Å²) in [5.41, 5.74) is 0.876. The van der Waals surface area contributed by atoms with Gasteiger partial charge in [0.1, 0.15) is 0 Å². The number of hydrogen-bond donors (Lipinski definition) is 1. The molecule has 1 atom stereocenters. The molecule has 5 heteroatoms. The molecule has 0 aliphatic carbocycles. The van der Waals surface area contributed by atoms with Gasteiger partial charge in [-0.15, -0.1) is 0 Å². The van der Waals surface area contributed by atoms with E-state index in [2.05, 4.69) is 17.3 Å². The predicted molar refractivity (Wildman–Crippen MR) is 80.2 cm³/mol. The third kappa shape index (κ3) is 3.67. The molecule has 0 aromatic heterocycles. The summed E-state index contributed by atoms with van der Waals surface area (Å²) in [6, 6.07) is 3.95. The van der Waals surface area contributed by atoms with Crippen LogP contribution in [0.1, 0.15) is 19.3 Å². The molecule has 1 N–H and O–H groups in total.